The molecule has 2 aromatic carbocycles. The Balaban J connectivity index is 0.00000280. The first kappa shape index (κ1) is 22.5. The molecule has 0 saturated carbocycles. The molecular weight excluding hydrogens is 395 g/mol. The van der Waals surface area contributed by atoms with Crippen LogP contribution in [0.2, 0.25) is 5.02 Å². The quantitative estimate of drug-likeness (QED) is 0.696. The van der Waals surface area contributed by atoms with E-state index in [2.05, 4.69) is 16.3 Å². The lowest BCUT2D eigenvalue weighted by molar-refractivity contribution is -0.123. The van der Waals surface area contributed by atoms with Crippen molar-refractivity contribution in [2.75, 3.05) is 26.2 Å². The van der Waals surface area contributed by atoms with E-state index in [4.69, 9.17) is 16.3 Å². The highest BCUT2D eigenvalue weighted by Gasteiger charge is 2.24. The number of rotatable bonds is 7. The maximum Gasteiger partial charge on any atom is 0.258 e. The molecule has 0 radical (unpaired) electrons. The number of hydrogen-bond acceptors (Lipinski definition) is 3. The molecule has 1 saturated heterocycles. The molecule has 0 spiro atoms. The summed E-state index contributed by atoms with van der Waals surface area (Å²) in [6.45, 7) is 4.63. The van der Waals surface area contributed by atoms with Crippen molar-refractivity contribution >= 4 is 29.9 Å². The molecule has 0 bridgehead atoms. The lowest BCUT2D eigenvalue weighted by atomic mass is 10.0. The van der Waals surface area contributed by atoms with E-state index in [1.807, 2.05) is 49.4 Å². The van der Waals surface area contributed by atoms with E-state index in [9.17, 15) is 4.79 Å². The number of halogens is 2. The summed E-state index contributed by atoms with van der Waals surface area (Å²) in [4.78, 5) is 14.7. The fraction of sp³-hybridized carbons (Fsp3) is 0.409. The molecule has 4 nitrogen and oxygen atoms in total. The lowest BCUT2D eigenvalue weighted by Crippen LogP contribution is -2.41. The van der Waals surface area contributed by atoms with Gasteiger partial charge in [0.2, 0.25) is 0 Å². The Morgan fingerprint density at radius 2 is 1.79 bits per heavy atom. The summed E-state index contributed by atoms with van der Waals surface area (Å²) in [5.74, 6) is 0.582. The predicted molar refractivity (Wildman–Crippen MR) is 117 cm³/mol. The van der Waals surface area contributed by atoms with Crippen molar-refractivity contribution in [1.29, 1.82) is 0 Å². The molecule has 1 aliphatic heterocycles. The molecular formula is C22H28Cl2N2O2. The van der Waals surface area contributed by atoms with Gasteiger partial charge in [0.1, 0.15) is 5.75 Å². The molecule has 0 aliphatic carbocycles. The molecule has 152 valence electrons. The van der Waals surface area contributed by atoms with Crippen molar-refractivity contribution in [3.63, 3.8) is 0 Å². The Kier molecular flexibility index (Phi) is 9.10. The van der Waals surface area contributed by atoms with Crippen LogP contribution in [-0.2, 0) is 4.79 Å². The fourth-order valence-corrected chi connectivity index (χ4v) is 3.72. The normalized spacial score (nSPS) is 15.4. The van der Waals surface area contributed by atoms with E-state index < -0.39 is 0 Å². The summed E-state index contributed by atoms with van der Waals surface area (Å²) in [5, 5.41) is 3.77. The minimum absolute atomic E-state index is 0. The molecule has 28 heavy (non-hydrogen) atoms. The van der Waals surface area contributed by atoms with Crippen molar-refractivity contribution in [3.8, 4) is 5.75 Å². The van der Waals surface area contributed by atoms with E-state index in [1.165, 1.54) is 19.3 Å². The predicted octanol–water partition coefficient (Wildman–Crippen LogP) is 4.79. The van der Waals surface area contributed by atoms with Gasteiger partial charge < -0.3 is 10.1 Å². The van der Waals surface area contributed by atoms with Crippen LogP contribution in [-0.4, -0.2) is 37.0 Å². The average molecular weight is 423 g/mol. The maximum absolute atomic E-state index is 12.3. The maximum atomic E-state index is 12.3. The van der Waals surface area contributed by atoms with Crippen LogP contribution in [0.3, 0.4) is 0 Å². The highest BCUT2D eigenvalue weighted by Crippen LogP contribution is 2.29. The minimum Gasteiger partial charge on any atom is -0.484 e. The topological polar surface area (TPSA) is 41.6 Å². The summed E-state index contributed by atoms with van der Waals surface area (Å²) in [5.41, 5.74) is 2.23. The molecule has 1 N–H and O–H groups in total. The third-order valence-corrected chi connectivity index (χ3v) is 5.32. The monoisotopic (exact) mass is 422 g/mol. The summed E-state index contributed by atoms with van der Waals surface area (Å²) in [6, 6.07) is 15.7. The number of nitrogens with zero attached hydrogens (tertiary/aromatic N) is 1. The molecule has 2 aromatic rings. The van der Waals surface area contributed by atoms with E-state index in [0.717, 1.165) is 29.2 Å². The van der Waals surface area contributed by atoms with Gasteiger partial charge in [0, 0.05) is 11.6 Å². The Bertz CT molecular complexity index is 746. The zero-order chi connectivity index (χ0) is 19.1. The van der Waals surface area contributed by atoms with Crippen LogP contribution in [0.15, 0.2) is 48.5 Å². The van der Waals surface area contributed by atoms with Crippen LogP contribution >= 0.6 is 24.0 Å². The van der Waals surface area contributed by atoms with Gasteiger partial charge in [-0.1, -0.05) is 53.9 Å². The van der Waals surface area contributed by atoms with Crippen LogP contribution in [0.1, 0.15) is 36.4 Å². The molecule has 1 atom stereocenters. The average Bonchev–Trinajstić information content (AvgIpc) is 2.70. The zero-order valence-electron chi connectivity index (χ0n) is 16.2. The molecule has 6 heteroatoms. The van der Waals surface area contributed by atoms with Crippen molar-refractivity contribution in [1.82, 2.24) is 10.2 Å². The fourth-order valence-electron chi connectivity index (χ4n) is 3.46. The van der Waals surface area contributed by atoms with Gasteiger partial charge >= 0.3 is 0 Å². The molecule has 1 unspecified atom stereocenters. The highest BCUT2D eigenvalue weighted by atomic mass is 35.5. The molecule has 1 aliphatic rings. The number of aryl methyl sites for hydroxylation is 1. The van der Waals surface area contributed by atoms with Gasteiger partial charge in [0.15, 0.2) is 6.61 Å². The van der Waals surface area contributed by atoms with Crippen molar-refractivity contribution in [3.05, 3.63) is 64.7 Å². The van der Waals surface area contributed by atoms with E-state index >= 15 is 0 Å². The van der Waals surface area contributed by atoms with Gasteiger partial charge in [0.25, 0.3) is 5.91 Å². The summed E-state index contributed by atoms with van der Waals surface area (Å²) in [7, 11) is 0. The second-order valence-electron chi connectivity index (χ2n) is 7.04. The molecule has 1 heterocycles. The summed E-state index contributed by atoms with van der Waals surface area (Å²) in [6.07, 6.45) is 3.64. The standard InChI is InChI=1S/C22H27ClN2O2.ClH/c1-17-9-11-18(12-10-17)27-16-22(26)24-15-21(25-13-5-2-6-14-25)19-7-3-4-8-20(19)23;/h3-4,7-12,21H,2,5-6,13-16H2,1H3,(H,24,26);1H. The zero-order valence-corrected chi connectivity index (χ0v) is 17.8. The van der Waals surface area contributed by atoms with Gasteiger partial charge in [-0.3, -0.25) is 9.69 Å². The molecule has 3 rings (SSSR count). The number of ether oxygens (including phenoxy) is 1. The lowest BCUT2D eigenvalue weighted by Gasteiger charge is -2.35. The summed E-state index contributed by atoms with van der Waals surface area (Å²) >= 11 is 6.44. The second kappa shape index (κ2) is 11.3. The SMILES string of the molecule is Cc1ccc(OCC(=O)NCC(c2ccccc2Cl)N2CCCCC2)cc1.Cl. The Hall–Kier alpha value is -1.75. The first-order valence-electron chi connectivity index (χ1n) is 9.58. The first-order chi connectivity index (χ1) is 13.1. The number of amides is 1. The van der Waals surface area contributed by atoms with E-state index in [1.54, 1.807) is 0 Å². The third kappa shape index (κ3) is 6.40. The second-order valence-corrected chi connectivity index (χ2v) is 7.45. The number of likely N-dealkylation sites (tertiary alicyclic amines) is 1. The molecule has 1 amide bonds. The van der Waals surface area contributed by atoms with E-state index in [-0.39, 0.29) is 31.0 Å². The Morgan fingerprint density at radius 3 is 2.46 bits per heavy atom. The number of benzene rings is 2. The number of nitrogens with one attached hydrogen (secondary N) is 1. The van der Waals surface area contributed by atoms with Crippen molar-refractivity contribution in [2.24, 2.45) is 0 Å². The van der Waals surface area contributed by atoms with Crippen LogP contribution in [0, 0.1) is 6.92 Å². The molecule has 0 aromatic heterocycles. The highest BCUT2D eigenvalue weighted by molar-refractivity contribution is 6.31. The third-order valence-electron chi connectivity index (χ3n) is 4.98. The largest absolute Gasteiger partial charge is 0.484 e. The van der Waals surface area contributed by atoms with Crippen molar-refractivity contribution in [2.45, 2.75) is 32.2 Å². The Labute approximate surface area is 178 Å². The Morgan fingerprint density at radius 1 is 1.11 bits per heavy atom. The number of carbonyl (C=O) groups excluding carboxylic acids is 1. The van der Waals surface area contributed by atoms with Crippen LogP contribution in [0.4, 0.5) is 0 Å². The minimum atomic E-state index is -0.121. The molecule has 1 fully saturated rings. The van der Waals surface area contributed by atoms with Gasteiger partial charge in [-0.25, -0.2) is 0 Å². The smallest absolute Gasteiger partial charge is 0.258 e. The van der Waals surface area contributed by atoms with Gasteiger partial charge in [-0.2, -0.15) is 0 Å². The van der Waals surface area contributed by atoms with E-state index in [0.29, 0.717) is 12.3 Å². The van der Waals surface area contributed by atoms with Gasteiger partial charge in [-0.05, 0) is 56.6 Å². The van der Waals surface area contributed by atoms with Gasteiger partial charge in [0.05, 0.1) is 6.04 Å². The number of piperidine rings is 1. The van der Waals surface area contributed by atoms with Gasteiger partial charge in [-0.15, -0.1) is 12.4 Å². The summed E-state index contributed by atoms with van der Waals surface area (Å²) < 4.78 is 5.58. The van der Waals surface area contributed by atoms with Crippen LogP contribution < -0.4 is 10.1 Å². The first-order valence-corrected chi connectivity index (χ1v) is 9.96. The van der Waals surface area contributed by atoms with Crippen LogP contribution in [0.5, 0.6) is 5.75 Å². The number of hydrogen-bond donors (Lipinski definition) is 1. The van der Waals surface area contributed by atoms with Crippen LogP contribution in [0.25, 0.3) is 0 Å². The van der Waals surface area contributed by atoms with Crippen molar-refractivity contribution < 1.29 is 9.53 Å². The number of carbonyl (C=O) groups is 1.